The fourth-order valence-electron chi connectivity index (χ4n) is 1.55. The van der Waals surface area contributed by atoms with Crippen LogP contribution in [0, 0.1) is 6.92 Å². The molecule has 5 heteroatoms. The van der Waals surface area contributed by atoms with Crippen LogP contribution in [0.15, 0.2) is 24.3 Å². The Bertz CT molecular complexity index is 395. The van der Waals surface area contributed by atoms with Crippen molar-refractivity contribution >= 4 is 7.60 Å². The van der Waals surface area contributed by atoms with Gasteiger partial charge in [-0.15, -0.1) is 0 Å². The van der Waals surface area contributed by atoms with Gasteiger partial charge in [0, 0.05) is 0 Å². The molecule has 0 amide bonds. The van der Waals surface area contributed by atoms with Gasteiger partial charge in [0.1, 0.15) is 0 Å². The van der Waals surface area contributed by atoms with Gasteiger partial charge in [0.2, 0.25) is 0 Å². The van der Waals surface area contributed by atoms with Gasteiger partial charge in [0.25, 0.3) is 0 Å². The van der Waals surface area contributed by atoms with Crippen LogP contribution in [0.5, 0.6) is 0 Å². The Morgan fingerprint density at radius 1 is 1.29 bits per heavy atom. The van der Waals surface area contributed by atoms with Crippen molar-refractivity contribution in [3.05, 3.63) is 35.4 Å². The molecule has 1 aromatic rings. The molecule has 96 valence electrons. The minimum atomic E-state index is -3.50. The number of hydrogen-bond acceptors (Lipinski definition) is 4. The van der Waals surface area contributed by atoms with E-state index in [9.17, 15) is 9.67 Å². The summed E-state index contributed by atoms with van der Waals surface area (Å²) in [6, 6.07) is 7.19. The summed E-state index contributed by atoms with van der Waals surface area (Å²) in [6.45, 7) is 5.81. The zero-order chi connectivity index (χ0) is 12.9. The van der Waals surface area contributed by atoms with E-state index in [1.165, 1.54) is 0 Å². The van der Waals surface area contributed by atoms with Gasteiger partial charge in [-0.1, -0.05) is 29.8 Å². The molecule has 0 unspecified atom stereocenters. The van der Waals surface area contributed by atoms with Gasteiger partial charge in [-0.05, 0) is 26.3 Å². The van der Waals surface area contributed by atoms with Crippen LogP contribution in [0.4, 0.5) is 0 Å². The van der Waals surface area contributed by atoms with E-state index in [0.717, 1.165) is 5.56 Å². The van der Waals surface area contributed by atoms with Gasteiger partial charge in [-0.2, -0.15) is 0 Å². The van der Waals surface area contributed by atoms with Crippen LogP contribution >= 0.6 is 7.60 Å². The van der Waals surface area contributed by atoms with Crippen molar-refractivity contribution in [3.63, 3.8) is 0 Å². The molecule has 1 atom stereocenters. The standard InChI is InChI=1S/C12H19O4P/c1-4-15-17(14,16-5-2)12(13)11-8-6-7-10(3)9-11/h6-9,12-13H,4-5H2,1-3H3/t12-/m0/s1. The number of rotatable bonds is 6. The summed E-state index contributed by atoms with van der Waals surface area (Å²) >= 11 is 0. The Labute approximate surface area is 102 Å². The van der Waals surface area contributed by atoms with E-state index < -0.39 is 13.4 Å². The van der Waals surface area contributed by atoms with Crippen LogP contribution in [0.3, 0.4) is 0 Å². The zero-order valence-corrected chi connectivity index (χ0v) is 11.3. The lowest BCUT2D eigenvalue weighted by molar-refractivity contribution is 0.150. The number of benzene rings is 1. The highest BCUT2D eigenvalue weighted by atomic mass is 31.2. The first-order valence-corrected chi connectivity index (χ1v) is 7.28. The first kappa shape index (κ1) is 14.4. The monoisotopic (exact) mass is 258 g/mol. The second kappa shape index (κ2) is 6.31. The molecular weight excluding hydrogens is 239 g/mol. The lowest BCUT2D eigenvalue weighted by Gasteiger charge is -2.22. The Balaban J connectivity index is 2.99. The maximum Gasteiger partial charge on any atom is 0.363 e. The van der Waals surface area contributed by atoms with E-state index in [-0.39, 0.29) is 13.2 Å². The van der Waals surface area contributed by atoms with E-state index in [4.69, 9.17) is 9.05 Å². The molecule has 0 bridgehead atoms. The first-order valence-electron chi connectivity index (χ1n) is 5.67. The third-order valence-electron chi connectivity index (χ3n) is 2.26. The first-order chi connectivity index (χ1) is 8.03. The number of hydrogen-bond donors (Lipinski definition) is 1. The van der Waals surface area contributed by atoms with Gasteiger partial charge in [0.05, 0.1) is 13.2 Å². The van der Waals surface area contributed by atoms with Crippen LogP contribution < -0.4 is 0 Å². The van der Waals surface area contributed by atoms with Crippen LogP contribution in [-0.4, -0.2) is 18.3 Å². The van der Waals surface area contributed by atoms with Crippen molar-refractivity contribution in [1.82, 2.24) is 0 Å². The van der Waals surface area contributed by atoms with Crippen molar-refractivity contribution in [2.75, 3.05) is 13.2 Å². The topological polar surface area (TPSA) is 55.8 Å². The molecular formula is C12H19O4P. The van der Waals surface area contributed by atoms with E-state index in [0.29, 0.717) is 5.56 Å². The lowest BCUT2D eigenvalue weighted by atomic mass is 10.1. The van der Waals surface area contributed by atoms with Crippen LogP contribution in [0.1, 0.15) is 30.8 Å². The molecule has 1 N–H and O–H groups in total. The Morgan fingerprint density at radius 2 is 1.88 bits per heavy atom. The molecule has 0 aliphatic carbocycles. The highest BCUT2D eigenvalue weighted by Gasteiger charge is 2.35. The zero-order valence-electron chi connectivity index (χ0n) is 10.4. The number of aliphatic hydroxyl groups excluding tert-OH is 1. The molecule has 0 aliphatic heterocycles. The van der Waals surface area contributed by atoms with E-state index in [1.807, 2.05) is 13.0 Å². The molecule has 0 aromatic heterocycles. The lowest BCUT2D eigenvalue weighted by Crippen LogP contribution is -2.06. The highest BCUT2D eigenvalue weighted by Crippen LogP contribution is 2.59. The third-order valence-corrected chi connectivity index (χ3v) is 4.39. The summed E-state index contributed by atoms with van der Waals surface area (Å²) in [5.74, 6) is -1.23. The molecule has 1 rings (SSSR count). The van der Waals surface area contributed by atoms with Crippen LogP contribution in [-0.2, 0) is 13.6 Å². The average Bonchev–Trinajstić information content (AvgIpc) is 2.28. The number of aryl methyl sites for hydroxylation is 1. The fraction of sp³-hybridized carbons (Fsp3) is 0.500. The predicted molar refractivity (Wildman–Crippen MR) is 67.0 cm³/mol. The van der Waals surface area contributed by atoms with Crippen molar-refractivity contribution < 1.29 is 18.7 Å². The molecule has 4 nitrogen and oxygen atoms in total. The van der Waals surface area contributed by atoms with Crippen molar-refractivity contribution in [2.45, 2.75) is 26.6 Å². The van der Waals surface area contributed by atoms with Crippen LogP contribution in [0.25, 0.3) is 0 Å². The Kier molecular flexibility index (Phi) is 5.34. The molecule has 0 aliphatic rings. The van der Waals surface area contributed by atoms with Crippen molar-refractivity contribution in [1.29, 1.82) is 0 Å². The van der Waals surface area contributed by atoms with Gasteiger partial charge < -0.3 is 14.2 Å². The van der Waals surface area contributed by atoms with Gasteiger partial charge in [-0.25, -0.2) is 0 Å². The maximum atomic E-state index is 12.3. The smallest absolute Gasteiger partial charge is 0.363 e. The summed E-state index contributed by atoms with van der Waals surface area (Å²) < 4.78 is 22.5. The van der Waals surface area contributed by atoms with E-state index in [1.54, 1.807) is 32.0 Å². The molecule has 0 fully saturated rings. The quantitative estimate of drug-likeness (QED) is 0.796. The van der Waals surface area contributed by atoms with Gasteiger partial charge >= 0.3 is 7.60 Å². The van der Waals surface area contributed by atoms with Crippen molar-refractivity contribution in [2.24, 2.45) is 0 Å². The molecule has 0 spiro atoms. The van der Waals surface area contributed by atoms with Crippen molar-refractivity contribution in [3.8, 4) is 0 Å². The summed E-state index contributed by atoms with van der Waals surface area (Å²) in [4.78, 5) is 0. The van der Waals surface area contributed by atoms with E-state index in [2.05, 4.69) is 0 Å². The second-order valence-electron chi connectivity index (χ2n) is 3.66. The number of aliphatic hydroxyl groups is 1. The Morgan fingerprint density at radius 3 is 2.35 bits per heavy atom. The minimum absolute atomic E-state index is 0.236. The third kappa shape index (κ3) is 3.65. The molecule has 0 saturated heterocycles. The van der Waals surface area contributed by atoms with Gasteiger partial charge in [-0.3, -0.25) is 4.57 Å². The molecule has 1 aromatic carbocycles. The highest BCUT2D eigenvalue weighted by molar-refractivity contribution is 7.54. The van der Waals surface area contributed by atoms with Crippen LogP contribution in [0.2, 0.25) is 0 Å². The largest absolute Gasteiger partial charge is 0.376 e. The summed E-state index contributed by atoms with van der Waals surface area (Å²) in [5.41, 5.74) is 1.54. The second-order valence-corrected chi connectivity index (χ2v) is 5.75. The summed E-state index contributed by atoms with van der Waals surface area (Å²) in [7, 11) is -3.50. The molecule has 0 saturated carbocycles. The predicted octanol–water partition coefficient (Wildman–Crippen LogP) is 3.25. The van der Waals surface area contributed by atoms with E-state index >= 15 is 0 Å². The summed E-state index contributed by atoms with van der Waals surface area (Å²) in [5, 5.41) is 10.1. The Hall–Kier alpha value is -0.670. The summed E-state index contributed by atoms with van der Waals surface area (Å²) in [6.07, 6.45) is 0. The van der Waals surface area contributed by atoms with Gasteiger partial charge in [0.15, 0.2) is 5.85 Å². The average molecular weight is 258 g/mol. The minimum Gasteiger partial charge on any atom is -0.376 e. The molecule has 0 heterocycles. The fourth-order valence-corrected chi connectivity index (χ4v) is 3.15. The maximum absolute atomic E-state index is 12.3. The SMILES string of the molecule is CCOP(=O)(OCC)[C@H](O)c1cccc(C)c1. The normalized spacial score (nSPS) is 13.6. The molecule has 0 radical (unpaired) electrons. The molecule has 17 heavy (non-hydrogen) atoms.